The van der Waals surface area contributed by atoms with Gasteiger partial charge in [0, 0.05) is 28.9 Å². The fraction of sp³-hybridized carbons (Fsp3) is 0.192. The molecule has 38 heavy (non-hydrogen) atoms. The molecule has 0 bridgehead atoms. The van der Waals surface area contributed by atoms with Crippen LogP contribution in [-0.4, -0.2) is 38.1 Å². The van der Waals surface area contributed by atoms with Crippen LogP contribution in [0.4, 0.5) is 14.5 Å². The number of aliphatic hydroxyl groups is 1. The van der Waals surface area contributed by atoms with Gasteiger partial charge in [0.15, 0.2) is 0 Å². The van der Waals surface area contributed by atoms with Crippen molar-refractivity contribution in [1.29, 1.82) is 0 Å². The van der Waals surface area contributed by atoms with Crippen molar-refractivity contribution in [2.75, 3.05) is 4.72 Å². The van der Waals surface area contributed by atoms with Crippen LogP contribution in [0.25, 0.3) is 10.9 Å². The highest BCUT2D eigenvalue weighted by Crippen LogP contribution is 2.37. The van der Waals surface area contributed by atoms with E-state index >= 15 is 0 Å². The van der Waals surface area contributed by atoms with Crippen LogP contribution in [0.3, 0.4) is 0 Å². The van der Waals surface area contributed by atoms with E-state index in [2.05, 4.69) is 19.9 Å². The summed E-state index contributed by atoms with van der Waals surface area (Å²) >= 11 is 0. The first-order chi connectivity index (χ1) is 18.1. The van der Waals surface area contributed by atoms with E-state index in [1.54, 1.807) is 56.4 Å². The van der Waals surface area contributed by atoms with E-state index < -0.39 is 33.3 Å². The quantitative estimate of drug-likeness (QED) is 0.307. The first-order valence-electron chi connectivity index (χ1n) is 11.6. The van der Waals surface area contributed by atoms with Gasteiger partial charge in [-0.15, -0.1) is 0 Å². The Kier molecular flexibility index (Phi) is 6.45. The zero-order valence-electron chi connectivity index (χ0n) is 20.5. The fourth-order valence-corrected chi connectivity index (χ4v) is 5.73. The van der Waals surface area contributed by atoms with Gasteiger partial charge in [-0.05, 0) is 49.7 Å². The molecule has 9 nitrogen and oxygen atoms in total. The van der Waals surface area contributed by atoms with Crippen LogP contribution >= 0.6 is 0 Å². The first-order valence-corrected chi connectivity index (χ1v) is 13.1. The molecule has 0 aliphatic heterocycles. The van der Waals surface area contributed by atoms with Gasteiger partial charge in [0.05, 0.1) is 23.0 Å². The largest absolute Gasteiger partial charge is 0.381 e. The molecular weight excluding hydrogens is 514 g/mol. The van der Waals surface area contributed by atoms with E-state index in [-0.39, 0.29) is 17.0 Å². The van der Waals surface area contributed by atoms with Gasteiger partial charge < -0.3 is 5.11 Å². The van der Waals surface area contributed by atoms with Gasteiger partial charge in [-0.25, -0.2) is 26.9 Å². The van der Waals surface area contributed by atoms with E-state index in [0.29, 0.717) is 28.2 Å². The molecule has 2 aromatic heterocycles. The molecular formula is C26H24F2N6O3S. The molecule has 0 amide bonds. The average molecular weight is 539 g/mol. The Labute approximate surface area is 217 Å². The number of rotatable bonds is 8. The van der Waals surface area contributed by atoms with Crippen LogP contribution in [0.5, 0.6) is 0 Å². The number of nitrogens with one attached hydrogen (secondary N) is 1. The van der Waals surface area contributed by atoms with Crippen molar-refractivity contribution in [1.82, 2.24) is 24.5 Å². The highest BCUT2D eigenvalue weighted by atomic mass is 32.2. The summed E-state index contributed by atoms with van der Waals surface area (Å²) in [5, 5.41) is 21.0. The maximum atomic E-state index is 14.9. The number of halogens is 2. The summed E-state index contributed by atoms with van der Waals surface area (Å²) < 4.78 is 59.8. The zero-order valence-corrected chi connectivity index (χ0v) is 21.3. The molecule has 5 rings (SSSR count). The maximum Gasteiger partial charge on any atom is 0.262 e. The molecule has 2 N–H and O–H groups in total. The molecule has 0 aliphatic rings. The van der Waals surface area contributed by atoms with E-state index in [9.17, 15) is 22.3 Å². The lowest BCUT2D eigenvalue weighted by Gasteiger charge is -2.34. The first kappa shape index (κ1) is 25.5. The van der Waals surface area contributed by atoms with Crippen molar-refractivity contribution in [2.24, 2.45) is 0 Å². The van der Waals surface area contributed by atoms with Crippen molar-refractivity contribution in [3.8, 4) is 0 Å². The minimum atomic E-state index is -3.82. The molecule has 12 heteroatoms. The molecule has 0 aliphatic carbocycles. The van der Waals surface area contributed by atoms with Crippen LogP contribution in [0.15, 0.2) is 84.4 Å². The minimum Gasteiger partial charge on any atom is -0.381 e. The van der Waals surface area contributed by atoms with E-state index in [0.717, 1.165) is 6.07 Å². The Hall–Kier alpha value is -4.16. The average Bonchev–Trinajstić information content (AvgIpc) is 3.52. The summed E-state index contributed by atoms with van der Waals surface area (Å²) in [7, 11) is -3.82. The summed E-state index contributed by atoms with van der Waals surface area (Å²) in [4.78, 5) is 4.05. The van der Waals surface area contributed by atoms with Crippen molar-refractivity contribution < 1.29 is 22.3 Å². The summed E-state index contributed by atoms with van der Waals surface area (Å²) in [6, 6.07) is 13.6. The van der Waals surface area contributed by atoms with Crippen LogP contribution in [0, 0.1) is 18.6 Å². The van der Waals surface area contributed by atoms with Gasteiger partial charge in [0.1, 0.15) is 29.9 Å². The van der Waals surface area contributed by atoms with Gasteiger partial charge in [-0.3, -0.25) is 9.40 Å². The Balaban J connectivity index is 1.51. The van der Waals surface area contributed by atoms with Crippen LogP contribution in [0.1, 0.15) is 24.1 Å². The van der Waals surface area contributed by atoms with Gasteiger partial charge in [0.25, 0.3) is 10.0 Å². The molecule has 0 fully saturated rings. The number of hydrogen-bond acceptors (Lipinski definition) is 6. The number of sulfonamides is 1. The van der Waals surface area contributed by atoms with Gasteiger partial charge in [-0.2, -0.15) is 10.2 Å². The third-order valence-corrected chi connectivity index (χ3v) is 8.05. The SMILES string of the molecule is Cc1ccccc1S(=O)(=O)Nc1ccc2nn([C@H](C)[C@](O)(Cn3cncn3)c3ccc(F)cc3F)cc2c1. The van der Waals surface area contributed by atoms with Gasteiger partial charge in [0.2, 0.25) is 0 Å². The number of benzene rings is 3. The van der Waals surface area contributed by atoms with Gasteiger partial charge >= 0.3 is 0 Å². The Morgan fingerprint density at radius 3 is 2.61 bits per heavy atom. The number of nitrogens with zero attached hydrogens (tertiary/aromatic N) is 5. The summed E-state index contributed by atoms with van der Waals surface area (Å²) in [6.07, 6.45) is 4.29. The predicted molar refractivity (Wildman–Crippen MR) is 137 cm³/mol. The molecule has 196 valence electrons. The standard InChI is InChI=1S/C26H24F2N6O3S/c1-17-5-3-4-6-25(17)38(36,37)32-21-8-10-24-19(11-21)13-34(31-24)18(2)26(35,14-33-16-29-15-30-33)22-9-7-20(27)12-23(22)28/h3-13,15-16,18,32,35H,14H2,1-2H3/t18-,26-/m1/s1. The highest BCUT2D eigenvalue weighted by Gasteiger charge is 2.41. The van der Waals surface area contributed by atoms with Crippen LogP contribution < -0.4 is 4.72 Å². The van der Waals surface area contributed by atoms with Crippen molar-refractivity contribution in [2.45, 2.75) is 36.9 Å². The number of fused-ring (bicyclic) bond motifs is 1. The zero-order chi connectivity index (χ0) is 27.1. The molecule has 0 saturated carbocycles. The molecule has 3 aromatic carbocycles. The second-order valence-corrected chi connectivity index (χ2v) is 10.7. The van der Waals surface area contributed by atoms with Crippen molar-refractivity contribution in [3.05, 3.63) is 102 Å². The number of hydrogen-bond donors (Lipinski definition) is 2. The maximum absolute atomic E-state index is 14.9. The molecule has 0 spiro atoms. The van der Waals surface area contributed by atoms with Gasteiger partial charge in [-0.1, -0.05) is 24.3 Å². The molecule has 2 heterocycles. The third-order valence-electron chi connectivity index (χ3n) is 6.51. The predicted octanol–water partition coefficient (Wildman–Crippen LogP) is 4.16. The summed E-state index contributed by atoms with van der Waals surface area (Å²) in [5.41, 5.74) is -0.563. The van der Waals surface area contributed by atoms with E-state index in [4.69, 9.17) is 0 Å². The lowest BCUT2D eigenvalue weighted by Crippen LogP contribution is -2.40. The topological polar surface area (TPSA) is 115 Å². The molecule has 5 aromatic rings. The smallest absolute Gasteiger partial charge is 0.262 e. The minimum absolute atomic E-state index is 0.131. The second kappa shape index (κ2) is 9.62. The van der Waals surface area contributed by atoms with E-state index in [1.165, 1.54) is 34.2 Å². The normalized spacial score (nSPS) is 14.3. The Morgan fingerprint density at radius 2 is 1.89 bits per heavy atom. The molecule has 0 radical (unpaired) electrons. The lowest BCUT2D eigenvalue weighted by molar-refractivity contribution is -0.0366. The highest BCUT2D eigenvalue weighted by molar-refractivity contribution is 7.92. The fourth-order valence-electron chi connectivity index (χ4n) is 4.44. The number of aromatic nitrogens is 5. The summed E-state index contributed by atoms with van der Waals surface area (Å²) in [5.74, 6) is -1.68. The number of anilines is 1. The lowest BCUT2D eigenvalue weighted by atomic mass is 9.86. The van der Waals surface area contributed by atoms with E-state index in [1.807, 2.05) is 0 Å². The van der Waals surface area contributed by atoms with Crippen molar-refractivity contribution >= 4 is 26.6 Å². The Morgan fingerprint density at radius 1 is 1.11 bits per heavy atom. The molecule has 2 atom stereocenters. The van der Waals surface area contributed by atoms with Crippen LogP contribution in [-0.2, 0) is 22.2 Å². The Bertz CT molecular complexity index is 1720. The second-order valence-electron chi connectivity index (χ2n) is 9.07. The monoisotopic (exact) mass is 538 g/mol. The summed E-state index contributed by atoms with van der Waals surface area (Å²) in [6.45, 7) is 3.18. The molecule has 0 unspecified atom stereocenters. The third kappa shape index (κ3) is 4.75. The molecule has 0 saturated heterocycles. The van der Waals surface area contributed by atoms with Crippen LogP contribution in [0.2, 0.25) is 0 Å². The van der Waals surface area contributed by atoms with Crippen molar-refractivity contribution in [3.63, 3.8) is 0 Å². The number of aryl methyl sites for hydroxylation is 1.